The Kier molecular flexibility index (Phi) is 7.25. The summed E-state index contributed by atoms with van der Waals surface area (Å²) in [6, 6.07) is 46.5. The highest BCUT2D eigenvalue weighted by molar-refractivity contribution is 6.36. The van der Waals surface area contributed by atoms with Gasteiger partial charge in [0.1, 0.15) is 0 Å². The van der Waals surface area contributed by atoms with Gasteiger partial charge in [0, 0.05) is 33.6 Å². The van der Waals surface area contributed by atoms with Crippen molar-refractivity contribution in [3.63, 3.8) is 0 Å². The molecule has 4 heteroatoms. The molecular weight excluding hydrogens is 540 g/mol. The molecule has 0 aliphatic carbocycles. The molecule has 0 bridgehead atoms. The fraction of sp³-hybridized carbons (Fsp3) is 0.100. The van der Waals surface area contributed by atoms with Crippen LogP contribution in [0, 0.1) is 0 Å². The van der Waals surface area contributed by atoms with Gasteiger partial charge in [0.2, 0.25) is 0 Å². The molecule has 0 N–H and O–H groups in total. The minimum atomic E-state index is -0.289. The van der Waals surface area contributed by atoms with Crippen LogP contribution in [0.3, 0.4) is 0 Å². The summed E-state index contributed by atoms with van der Waals surface area (Å²) in [6.45, 7) is 2.17. The number of nitrogens with zero attached hydrogens (tertiary/aromatic N) is 2. The third-order valence-corrected chi connectivity index (χ3v) is 8.39. The first-order valence-electron chi connectivity index (χ1n) is 15.2. The second-order valence-corrected chi connectivity index (χ2v) is 11.2. The number of aryl methyl sites for hydroxylation is 1. The predicted molar refractivity (Wildman–Crippen MR) is 180 cm³/mol. The first-order valence-corrected chi connectivity index (χ1v) is 15.2. The topological polar surface area (TPSA) is 40.6 Å². The Hall–Kier alpha value is -5.48. The molecule has 0 radical (unpaired) electrons. The molecule has 6 aromatic rings. The maximum atomic E-state index is 13.8. The molecule has 1 aliphatic rings. The summed E-state index contributed by atoms with van der Waals surface area (Å²) < 4.78 is 0. The zero-order valence-corrected chi connectivity index (χ0v) is 24.6. The lowest BCUT2D eigenvalue weighted by molar-refractivity contribution is 0.0893. The zero-order chi connectivity index (χ0) is 30.0. The molecular formula is C40H32N2O2. The average Bonchev–Trinajstić information content (AvgIpc) is 3.08. The number of hydrogen-bond acceptors (Lipinski definition) is 3. The fourth-order valence-corrected chi connectivity index (χ4v) is 6.17. The van der Waals surface area contributed by atoms with Gasteiger partial charge in [0.05, 0.1) is 5.69 Å². The third-order valence-electron chi connectivity index (χ3n) is 8.39. The minimum absolute atomic E-state index is 0.289. The van der Waals surface area contributed by atoms with Gasteiger partial charge in [-0.25, -0.2) is 4.90 Å². The molecule has 0 atom stereocenters. The lowest BCUT2D eigenvalue weighted by Gasteiger charge is -2.28. The Morgan fingerprint density at radius 3 is 1.73 bits per heavy atom. The molecule has 6 aromatic carbocycles. The van der Waals surface area contributed by atoms with Gasteiger partial charge in [-0.2, -0.15) is 0 Å². The van der Waals surface area contributed by atoms with Gasteiger partial charge in [-0.1, -0.05) is 92.2 Å². The van der Waals surface area contributed by atoms with E-state index < -0.39 is 0 Å². The van der Waals surface area contributed by atoms with Crippen molar-refractivity contribution in [2.24, 2.45) is 0 Å². The van der Waals surface area contributed by atoms with Crippen LogP contribution in [-0.2, 0) is 6.42 Å². The maximum Gasteiger partial charge on any atom is 0.265 e. The van der Waals surface area contributed by atoms with E-state index >= 15 is 0 Å². The number of amides is 2. The van der Waals surface area contributed by atoms with Gasteiger partial charge in [-0.05, 0) is 95.6 Å². The normalized spacial score (nSPS) is 12.5. The van der Waals surface area contributed by atoms with E-state index in [4.69, 9.17) is 0 Å². The second kappa shape index (κ2) is 11.7. The van der Waals surface area contributed by atoms with E-state index in [-0.39, 0.29) is 11.8 Å². The van der Waals surface area contributed by atoms with E-state index in [0.717, 1.165) is 58.2 Å². The van der Waals surface area contributed by atoms with E-state index in [2.05, 4.69) is 60.4 Å². The molecule has 0 unspecified atom stereocenters. The molecule has 44 heavy (non-hydrogen) atoms. The lowest BCUT2D eigenvalue weighted by Crippen LogP contribution is -2.40. The Balaban J connectivity index is 1.25. The average molecular weight is 573 g/mol. The predicted octanol–water partition coefficient (Wildman–Crippen LogP) is 10.1. The maximum absolute atomic E-state index is 13.8. The molecule has 0 spiro atoms. The monoisotopic (exact) mass is 572 g/mol. The van der Waals surface area contributed by atoms with Crippen LogP contribution in [0.1, 0.15) is 46.0 Å². The van der Waals surface area contributed by atoms with Crippen LogP contribution < -0.4 is 9.80 Å². The van der Waals surface area contributed by atoms with Crippen molar-refractivity contribution in [2.45, 2.75) is 26.2 Å². The van der Waals surface area contributed by atoms with Crippen LogP contribution >= 0.6 is 0 Å². The highest BCUT2D eigenvalue weighted by Crippen LogP contribution is 2.40. The van der Waals surface area contributed by atoms with Gasteiger partial charge < -0.3 is 4.90 Å². The standard InChI is InChI=1S/C40H32N2O2/c1-2-3-11-28-18-22-33(23-19-28)42-39(43)36-17-10-16-35-34(26-27-37(38(35)36)40(42)44)29-20-24-32(25-21-29)41(30-12-6-4-7-13-30)31-14-8-5-9-15-31/h4-10,12-27H,2-3,11H2,1H3. The summed E-state index contributed by atoms with van der Waals surface area (Å²) >= 11 is 0. The number of anilines is 4. The van der Waals surface area contributed by atoms with Crippen LogP contribution in [-0.4, -0.2) is 11.8 Å². The Morgan fingerprint density at radius 1 is 0.545 bits per heavy atom. The summed E-state index contributed by atoms with van der Waals surface area (Å²) in [5, 5.41) is 1.61. The number of para-hydroxylation sites is 2. The van der Waals surface area contributed by atoms with Crippen molar-refractivity contribution in [3.8, 4) is 11.1 Å². The fourth-order valence-electron chi connectivity index (χ4n) is 6.17. The van der Waals surface area contributed by atoms with Gasteiger partial charge in [-0.3, -0.25) is 9.59 Å². The van der Waals surface area contributed by atoms with E-state index in [1.165, 1.54) is 10.5 Å². The summed E-state index contributed by atoms with van der Waals surface area (Å²) in [6.07, 6.45) is 3.22. The SMILES string of the molecule is CCCCc1ccc(N2C(=O)c3cccc4c(-c5ccc(N(c6ccccc6)c6ccccc6)cc5)ccc(c34)C2=O)cc1. The van der Waals surface area contributed by atoms with Crippen molar-refractivity contribution in [1.82, 2.24) is 0 Å². The van der Waals surface area contributed by atoms with Gasteiger partial charge in [0.15, 0.2) is 0 Å². The second-order valence-electron chi connectivity index (χ2n) is 11.2. The Morgan fingerprint density at radius 2 is 1.11 bits per heavy atom. The van der Waals surface area contributed by atoms with Crippen molar-refractivity contribution < 1.29 is 9.59 Å². The highest BCUT2D eigenvalue weighted by atomic mass is 16.2. The number of benzene rings is 6. The van der Waals surface area contributed by atoms with Gasteiger partial charge >= 0.3 is 0 Å². The molecule has 214 valence electrons. The van der Waals surface area contributed by atoms with Crippen LogP contribution in [0.4, 0.5) is 22.7 Å². The quantitative estimate of drug-likeness (QED) is 0.170. The van der Waals surface area contributed by atoms with Gasteiger partial charge in [0.25, 0.3) is 11.8 Å². The lowest BCUT2D eigenvalue weighted by atomic mass is 9.89. The van der Waals surface area contributed by atoms with Crippen molar-refractivity contribution in [1.29, 1.82) is 0 Å². The summed E-state index contributed by atoms with van der Waals surface area (Å²) in [7, 11) is 0. The van der Waals surface area contributed by atoms with Crippen LogP contribution in [0.15, 0.2) is 140 Å². The molecule has 4 nitrogen and oxygen atoms in total. The zero-order valence-electron chi connectivity index (χ0n) is 24.6. The number of hydrogen-bond donors (Lipinski definition) is 0. The van der Waals surface area contributed by atoms with Crippen molar-refractivity contribution in [2.75, 3.05) is 9.80 Å². The Labute approximate surface area is 257 Å². The van der Waals surface area contributed by atoms with E-state index in [1.54, 1.807) is 0 Å². The summed E-state index contributed by atoms with van der Waals surface area (Å²) in [5.74, 6) is -0.577. The Bertz CT molecular complexity index is 1900. The molecule has 2 amide bonds. The van der Waals surface area contributed by atoms with Crippen LogP contribution in [0.2, 0.25) is 0 Å². The molecule has 7 rings (SSSR count). The number of imide groups is 1. The number of rotatable bonds is 8. The minimum Gasteiger partial charge on any atom is -0.311 e. The van der Waals surface area contributed by atoms with Gasteiger partial charge in [-0.15, -0.1) is 0 Å². The largest absolute Gasteiger partial charge is 0.311 e. The highest BCUT2D eigenvalue weighted by Gasteiger charge is 2.34. The molecule has 0 fully saturated rings. The third kappa shape index (κ3) is 4.84. The summed E-state index contributed by atoms with van der Waals surface area (Å²) in [5.41, 5.74) is 8.09. The van der Waals surface area contributed by atoms with Crippen molar-refractivity contribution >= 4 is 45.3 Å². The van der Waals surface area contributed by atoms with E-state index in [9.17, 15) is 9.59 Å². The number of carbonyl (C=O) groups excluding carboxylic acids is 2. The molecule has 0 saturated carbocycles. The van der Waals surface area contributed by atoms with Crippen LogP contribution in [0.5, 0.6) is 0 Å². The first kappa shape index (κ1) is 27.4. The first-order chi connectivity index (χ1) is 21.6. The van der Waals surface area contributed by atoms with E-state index in [0.29, 0.717) is 16.8 Å². The summed E-state index contributed by atoms with van der Waals surface area (Å²) in [4.78, 5) is 31.2. The number of unbranched alkanes of at least 4 members (excludes halogenated alkanes) is 1. The van der Waals surface area contributed by atoms with Crippen LogP contribution in [0.25, 0.3) is 21.9 Å². The smallest absolute Gasteiger partial charge is 0.265 e. The molecule has 0 saturated heterocycles. The molecule has 1 aliphatic heterocycles. The van der Waals surface area contributed by atoms with E-state index in [1.807, 2.05) is 91.0 Å². The molecule has 0 aromatic heterocycles. The molecule has 1 heterocycles. The number of carbonyl (C=O) groups is 2. The van der Waals surface area contributed by atoms with Crippen molar-refractivity contribution in [3.05, 3.63) is 156 Å².